The molecule has 0 saturated heterocycles. The molecule has 3 aromatic carbocycles. The van der Waals surface area contributed by atoms with Crippen molar-refractivity contribution in [2.24, 2.45) is 11.8 Å². The van der Waals surface area contributed by atoms with Gasteiger partial charge in [-0.25, -0.2) is 4.98 Å². The van der Waals surface area contributed by atoms with Crippen molar-refractivity contribution in [2.75, 3.05) is 5.32 Å². The molecule has 1 aromatic heterocycles. The van der Waals surface area contributed by atoms with E-state index in [0.717, 1.165) is 46.7 Å². The zero-order valence-electron chi connectivity index (χ0n) is 18.9. The molecule has 4 aromatic rings. The van der Waals surface area contributed by atoms with Crippen LogP contribution in [0.15, 0.2) is 66.7 Å². The van der Waals surface area contributed by atoms with Crippen molar-refractivity contribution < 1.29 is 27.9 Å². The summed E-state index contributed by atoms with van der Waals surface area (Å²) in [6.07, 6.45) is -2.51. The Morgan fingerprint density at radius 3 is 2.19 bits per heavy atom. The topological polar surface area (TPSA) is 79.3 Å². The lowest BCUT2D eigenvalue weighted by Crippen LogP contribution is -2.25. The van der Waals surface area contributed by atoms with Gasteiger partial charge in [-0.05, 0) is 54.3 Å². The molecule has 184 valence electrons. The second-order valence-corrected chi connectivity index (χ2v) is 9.86. The first kappa shape index (κ1) is 24.0. The van der Waals surface area contributed by atoms with E-state index in [1.807, 2.05) is 36.4 Å². The Morgan fingerprint density at radius 1 is 0.917 bits per heavy atom. The summed E-state index contributed by atoms with van der Waals surface area (Å²) >= 11 is 1.15. The van der Waals surface area contributed by atoms with Gasteiger partial charge in [0, 0.05) is 17.2 Å². The van der Waals surface area contributed by atoms with Gasteiger partial charge in [-0.15, -0.1) is 0 Å². The Hall–Kier alpha value is -3.72. The average Bonchev–Trinajstić information content (AvgIpc) is 3.50. The van der Waals surface area contributed by atoms with Gasteiger partial charge >= 0.3 is 12.1 Å². The normalized spacial score (nSPS) is 17.9. The molecule has 5 nitrogen and oxygen atoms in total. The number of carboxylic acid groups (broad SMARTS) is 1. The molecule has 0 amide bonds. The van der Waals surface area contributed by atoms with Crippen molar-refractivity contribution in [3.8, 4) is 11.1 Å². The van der Waals surface area contributed by atoms with Crippen LogP contribution in [-0.2, 0) is 11.0 Å². The van der Waals surface area contributed by atoms with Crippen LogP contribution >= 0.6 is 11.3 Å². The van der Waals surface area contributed by atoms with Crippen LogP contribution in [0.4, 0.5) is 24.0 Å². The second kappa shape index (κ2) is 9.39. The zero-order chi connectivity index (χ0) is 25.4. The molecule has 0 unspecified atom stereocenters. The number of carbonyl (C=O) groups is 2. The van der Waals surface area contributed by atoms with Gasteiger partial charge < -0.3 is 10.4 Å². The fourth-order valence-corrected chi connectivity index (χ4v) is 5.56. The fraction of sp³-hybridized carbons (Fsp3) is 0.222. The summed E-state index contributed by atoms with van der Waals surface area (Å²) in [4.78, 5) is 28.6. The lowest BCUT2D eigenvalue weighted by Gasteiger charge is -2.14. The van der Waals surface area contributed by atoms with Crippen molar-refractivity contribution in [2.45, 2.75) is 25.4 Å². The quantitative estimate of drug-likeness (QED) is 0.264. The molecule has 1 aliphatic carbocycles. The first-order valence-corrected chi connectivity index (χ1v) is 12.2. The van der Waals surface area contributed by atoms with Crippen molar-refractivity contribution in [1.29, 1.82) is 0 Å². The maximum atomic E-state index is 13.0. The predicted molar refractivity (Wildman–Crippen MR) is 133 cm³/mol. The van der Waals surface area contributed by atoms with E-state index < -0.39 is 29.5 Å². The van der Waals surface area contributed by atoms with E-state index >= 15 is 0 Å². The van der Waals surface area contributed by atoms with Crippen LogP contribution in [0, 0.1) is 11.8 Å². The smallest absolute Gasteiger partial charge is 0.416 e. The third-order valence-electron chi connectivity index (χ3n) is 6.52. The van der Waals surface area contributed by atoms with Crippen molar-refractivity contribution in [3.63, 3.8) is 0 Å². The Kier molecular flexibility index (Phi) is 6.26. The zero-order valence-corrected chi connectivity index (χ0v) is 19.7. The number of nitrogens with one attached hydrogen (secondary N) is 1. The molecule has 1 saturated carbocycles. The van der Waals surface area contributed by atoms with Crippen LogP contribution in [0.25, 0.3) is 21.3 Å². The highest BCUT2D eigenvalue weighted by molar-refractivity contribution is 7.22. The number of rotatable bonds is 6. The van der Waals surface area contributed by atoms with Crippen LogP contribution < -0.4 is 5.32 Å². The molecule has 0 aliphatic heterocycles. The van der Waals surface area contributed by atoms with Gasteiger partial charge in [0.15, 0.2) is 10.9 Å². The molecule has 36 heavy (non-hydrogen) atoms. The Bertz CT molecular complexity index is 1430. The average molecular weight is 511 g/mol. The molecule has 5 rings (SSSR count). The number of thiazole rings is 1. The maximum Gasteiger partial charge on any atom is 0.416 e. The number of Topliss-reactive ketones (excluding diaryl/α,β-unsaturated/α-hetero) is 1. The van der Waals surface area contributed by atoms with Crippen LogP contribution in [-0.4, -0.2) is 21.8 Å². The van der Waals surface area contributed by atoms with Gasteiger partial charge in [0.1, 0.15) is 0 Å². The number of anilines is 2. The van der Waals surface area contributed by atoms with E-state index in [1.54, 1.807) is 12.1 Å². The minimum atomic E-state index is -4.40. The predicted octanol–water partition coefficient (Wildman–Crippen LogP) is 7.41. The van der Waals surface area contributed by atoms with E-state index in [4.69, 9.17) is 0 Å². The lowest BCUT2D eigenvalue weighted by atomic mass is 9.88. The summed E-state index contributed by atoms with van der Waals surface area (Å²) in [5.74, 6) is -2.11. The highest BCUT2D eigenvalue weighted by Gasteiger charge is 2.38. The highest BCUT2D eigenvalue weighted by Crippen LogP contribution is 2.36. The van der Waals surface area contributed by atoms with Crippen LogP contribution in [0.1, 0.15) is 35.2 Å². The Balaban J connectivity index is 1.28. The van der Waals surface area contributed by atoms with Gasteiger partial charge in [0.2, 0.25) is 0 Å². The number of benzene rings is 3. The summed E-state index contributed by atoms with van der Waals surface area (Å²) < 4.78 is 39.3. The number of nitrogens with zero attached hydrogens (tertiary/aromatic N) is 1. The van der Waals surface area contributed by atoms with E-state index in [9.17, 15) is 27.9 Å². The van der Waals surface area contributed by atoms with E-state index in [1.165, 1.54) is 6.07 Å². The lowest BCUT2D eigenvalue weighted by molar-refractivity contribution is -0.142. The first-order valence-electron chi connectivity index (χ1n) is 11.4. The number of halogens is 3. The number of alkyl halides is 3. The van der Waals surface area contributed by atoms with Gasteiger partial charge in [0.25, 0.3) is 0 Å². The Labute approximate surface area is 208 Å². The van der Waals surface area contributed by atoms with Gasteiger partial charge in [-0.2, -0.15) is 13.2 Å². The number of ketones is 1. The highest BCUT2D eigenvalue weighted by atomic mass is 32.1. The molecular formula is C27H21F3N2O3S. The summed E-state index contributed by atoms with van der Waals surface area (Å²) in [6, 6.07) is 18.1. The molecule has 0 spiro atoms. The molecule has 0 bridgehead atoms. The van der Waals surface area contributed by atoms with Crippen molar-refractivity contribution in [1.82, 2.24) is 4.98 Å². The summed E-state index contributed by atoms with van der Waals surface area (Å²) in [5.41, 5.74) is 2.87. The largest absolute Gasteiger partial charge is 0.481 e. The fourth-order valence-electron chi connectivity index (χ4n) is 4.63. The summed E-state index contributed by atoms with van der Waals surface area (Å²) in [5, 5.41) is 13.0. The van der Waals surface area contributed by atoms with Crippen LogP contribution in [0.2, 0.25) is 0 Å². The number of fused-ring (bicyclic) bond motifs is 1. The van der Waals surface area contributed by atoms with Crippen molar-refractivity contribution >= 4 is 44.1 Å². The third-order valence-corrected chi connectivity index (χ3v) is 7.46. The number of hydrogen-bond donors (Lipinski definition) is 2. The molecule has 9 heteroatoms. The van der Waals surface area contributed by atoms with Crippen LogP contribution in [0.5, 0.6) is 0 Å². The van der Waals surface area contributed by atoms with Gasteiger partial charge in [0.05, 0.1) is 21.7 Å². The van der Waals surface area contributed by atoms with E-state index in [2.05, 4.69) is 10.3 Å². The molecule has 1 fully saturated rings. The standard InChI is InChI=1S/C27H21F3N2O3S/c28-27(29,30)18-10-13-22-23(14-18)36-26(32-22)31-19-11-8-16(9-12-19)15-4-6-17(7-5-15)24(33)20-2-1-3-21(20)25(34)35/h4-14,20-21H,1-3H2,(H,31,32)(H,34,35)/t20-,21-/m1/s1. The second-order valence-electron chi connectivity index (χ2n) is 8.83. The van der Waals surface area contributed by atoms with Gasteiger partial charge in [-0.3, -0.25) is 9.59 Å². The summed E-state index contributed by atoms with van der Waals surface area (Å²) in [6.45, 7) is 0. The summed E-state index contributed by atoms with van der Waals surface area (Å²) in [7, 11) is 0. The number of carboxylic acids is 1. The minimum Gasteiger partial charge on any atom is -0.481 e. The number of aromatic nitrogens is 1. The van der Waals surface area contributed by atoms with Gasteiger partial charge in [-0.1, -0.05) is 54.2 Å². The number of hydrogen-bond acceptors (Lipinski definition) is 5. The third kappa shape index (κ3) is 4.83. The maximum absolute atomic E-state index is 13.0. The molecule has 1 heterocycles. The molecule has 2 N–H and O–H groups in total. The molecule has 1 aliphatic rings. The molecule has 0 radical (unpaired) electrons. The van der Waals surface area contributed by atoms with E-state index in [-0.39, 0.29) is 5.78 Å². The molecular weight excluding hydrogens is 489 g/mol. The van der Waals surface area contributed by atoms with Crippen molar-refractivity contribution in [3.05, 3.63) is 77.9 Å². The Morgan fingerprint density at radius 2 is 1.56 bits per heavy atom. The number of aliphatic carboxylic acids is 1. The minimum absolute atomic E-state index is 0.121. The first-order chi connectivity index (χ1) is 17.2. The molecule has 2 atom stereocenters. The SMILES string of the molecule is O=C(O)[C@@H]1CCC[C@H]1C(=O)c1ccc(-c2ccc(Nc3nc4ccc(C(F)(F)F)cc4s3)cc2)cc1. The van der Waals surface area contributed by atoms with Crippen LogP contribution in [0.3, 0.4) is 0 Å². The number of carbonyl (C=O) groups excluding carboxylic acids is 1. The monoisotopic (exact) mass is 510 g/mol. The van der Waals surface area contributed by atoms with E-state index in [0.29, 0.717) is 33.8 Å².